The van der Waals surface area contributed by atoms with Gasteiger partial charge in [-0.25, -0.2) is 4.98 Å². The minimum atomic E-state index is -0.695. The van der Waals surface area contributed by atoms with Crippen LogP contribution in [0.2, 0.25) is 0 Å². The Morgan fingerprint density at radius 2 is 2.29 bits per heavy atom. The molecule has 4 nitrogen and oxygen atoms in total. The second kappa shape index (κ2) is 5.33. The number of hydrogen-bond donors (Lipinski definition) is 3. The van der Waals surface area contributed by atoms with E-state index in [9.17, 15) is 5.11 Å². The Balaban J connectivity index is 1.93. The molecule has 1 heterocycles. The number of nitrogens with two attached hydrogens (primary N) is 1. The third kappa shape index (κ3) is 2.97. The SMILES string of the molecule is CCCNC1CCC(O)(c2cnc(N)s2)CC1. The molecule has 0 bridgehead atoms. The standard InChI is InChI=1S/C12H21N3OS/c1-2-7-14-9-3-5-12(16,6-4-9)10-8-15-11(13)17-10/h8-9,14,16H,2-7H2,1H3,(H2,13,15). The summed E-state index contributed by atoms with van der Waals surface area (Å²) in [6.45, 7) is 3.24. The molecule has 1 fully saturated rings. The molecule has 0 aliphatic heterocycles. The van der Waals surface area contributed by atoms with Crippen LogP contribution in [0, 0.1) is 0 Å². The Labute approximate surface area is 106 Å². The van der Waals surface area contributed by atoms with Crippen molar-refractivity contribution in [3.63, 3.8) is 0 Å². The molecule has 5 heteroatoms. The van der Waals surface area contributed by atoms with E-state index in [0.717, 1.165) is 43.5 Å². The Morgan fingerprint density at radius 1 is 1.59 bits per heavy atom. The lowest BCUT2D eigenvalue weighted by Crippen LogP contribution is -2.39. The number of aliphatic hydroxyl groups is 1. The molecule has 0 atom stereocenters. The number of thiazole rings is 1. The van der Waals surface area contributed by atoms with E-state index in [1.54, 1.807) is 6.20 Å². The van der Waals surface area contributed by atoms with Crippen molar-refractivity contribution < 1.29 is 5.11 Å². The maximum absolute atomic E-state index is 10.6. The average molecular weight is 255 g/mol. The topological polar surface area (TPSA) is 71.2 Å². The first-order valence-corrected chi connectivity index (χ1v) is 7.13. The molecule has 1 aromatic rings. The highest BCUT2D eigenvalue weighted by Gasteiger charge is 2.36. The van der Waals surface area contributed by atoms with Gasteiger partial charge < -0.3 is 16.2 Å². The van der Waals surface area contributed by atoms with Crippen molar-refractivity contribution >= 4 is 16.5 Å². The highest BCUT2D eigenvalue weighted by atomic mass is 32.1. The number of hydrogen-bond acceptors (Lipinski definition) is 5. The summed E-state index contributed by atoms with van der Waals surface area (Å²) in [6.07, 6.45) is 6.53. The maximum atomic E-state index is 10.6. The Morgan fingerprint density at radius 3 is 2.82 bits per heavy atom. The monoisotopic (exact) mass is 255 g/mol. The van der Waals surface area contributed by atoms with Gasteiger partial charge in [-0.1, -0.05) is 18.3 Å². The van der Waals surface area contributed by atoms with Gasteiger partial charge in [0.1, 0.15) is 5.60 Å². The summed E-state index contributed by atoms with van der Waals surface area (Å²) >= 11 is 1.41. The van der Waals surface area contributed by atoms with E-state index >= 15 is 0 Å². The van der Waals surface area contributed by atoms with E-state index < -0.39 is 5.60 Å². The average Bonchev–Trinajstić information content (AvgIpc) is 2.76. The van der Waals surface area contributed by atoms with Crippen LogP contribution in [-0.2, 0) is 5.60 Å². The molecule has 96 valence electrons. The predicted molar refractivity (Wildman–Crippen MR) is 71.0 cm³/mol. The molecule has 1 saturated carbocycles. The number of anilines is 1. The number of nitrogens with zero attached hydrogens (tertiary/aromatic N) is 1. The third-order valence-corrected chi connectivity index (χ3v) is 4.50. The molecule has 4 N–H and O–H groups in total. The van der Waals surface area contributed by atoms with Crippen LogP contribution >= 0.6 is 11.3 Å². The minimum Gasteiger partial charge on any atom is -0.384 e. The predicted octanol–water partition coefficient (Wildman–Crippen LogP) is 1.86. The Bertz CT molecular complexity index is 358. The van der Waals surface area contributed by atoms with Gasteiger partial charge in [0, 0.05) is 12.2 Å². The molecule has 0 unspecified atom stereocenters. The summed E-state index contributed by atoms with van der Waals surface area (Å²) in [5.41, 5.74) is 4.93. The summed E-state index contributed by atoms with van der Waals surface area (Å²) in [6, 6.07) is 0.556. The van der Waals surface area contributed by atoms with Crippen LogP contribution < -0.4 is 11.1 Å². The van der Waals surface area contributed by atoms with Crippen LogP contribution in [-0.4, -0.2) is 22.7 Å². The van der Waals surface area contributed by atoms with E-state index in [-0.39, 0.29) is 0 Å². The van der Waals surface area contributed by atoms with Crippen molar-refractivity contribution in [3.05, 3.63) is 11.1 Å². The smallest absolute Gasteiger partial charge is 0.180 e. The first-order chi connectivity index (χ1) is 8.14. The second-order valence-electron chi connectivity index (χ2n) is 4.82. The summed E-state index contributed by atoms with van der Waals surface area (Å²) < 4.78 is 0. The van der Waals surface area contributed by atoms with Gasteiger partial charge in [0.2, 0.25) is 0 Å². The van der Waals surface area contributed by atoms with E-state index in [1.807, 2.05) is 0 Å². The van der Waals surface area contributed by atoms with Gasteiger partial charge in [0.05, 0.1) is 4.88 Å². The molecular formula is C12H21N3OS. The summed E-state index contributed by atoms with van der Waals surface area (Å²) in [5.74, 6) is 0. The van der Waals surface area contributed by atoms with Crippen LogP contribution in [0.15, 0.2) is 6.20 Å². The molecule has 2 rings (SSSR count). The molecule has 1 aromatic heterocycles. The van der Waals surface area contributed by atoms with Crippen LogP contribution in [0.4, 0.5) is 5.13 Å². The van der Waals surface area contributed by atoms with Crippen molar-refractivity contribution in [3.8, 4) is 0 Å². The lowest BCUT2D eigenvalue weighted by atomic mass is 9.81. The molecule has 0 radical (unpaired) electrons. The quantitative estimate of drug-likeness (QED) is 0.768. The van der Waals surface area contributed by atoms with Crippen molar-refractivity contribution in [1.29, 1.82) is 0 Å². The molecule has 17 heavy (non-hydrogen) atoms. The Hall–Kier alpha value is -0.650. The number of nitrogens with one attached hydrogen (secondary N) is 1. The summed E-state index contributed by atoms with van der Waals surface area (Å²) in [5, 5.41) is 14.6. The van der Waals surface area contributed by atoms with Gasteiger partial charge >= 0.3 is 0 Å². The molecule has 0 saturated heterocycles. The minimum absolute atomic E-state index is 0.541. The van der Waals surface area contributed by atoms with Crippen LogP contribution in [0.1, 0.15) is 43.9 Å². The van der Waals surface area contributed by atoms with Crippen molar-refractivity contribution in [2.75, 3.05) is 12.3 Å². The summed E-state index contributed by atoms with van der Waals surface area (Å²) in [4.78, 5) is 4.95. The van der Waals surface area contributed by atoms with E-state index in [4.69, 9.17) is 5.73 Å². The fourth-order valence-electron chi connectivity index (χ4n) is 2.40. The third-order valence-electron chi connectivity index (χ3n) is 3.48. The lowest BCUT2D eigenvalue weighted by molar-refractivity contribution is -0.00512. The number of aromatic nitrogens is 1. The first-order valence-electron chi connectivity index (χ1n) is 6.31. The molecule has 0 amide bonds. The summed E-state index contributed by atoms with van der Waals surface area (Å²) in [7, 11) is 0. The van der Waals surface area contributed by atoms with E-state index in [2.05, 4.69) is 17.2 Å². The van der Waals surface area contributed by atoms with Crippen molar-refractivity contribution in [2.45, 2.75) is 50.7 Å². The molecule has 1 aliphatic carbocycles. The zero-order chi connectivity index (χ0) is 12.3. The van der Waals surface area contributed by atoms with Crippen molar-refractivity contribution in [2.24, 2.45) is 0 Å². The Kier molecular flexibility index (Phi) is 4.01. The number of nitrogen functional groups attached to an aromatic ring is 1. The van der Waals surface area contributed by atoms with Gasteiger partial charge in [-0.3, -0.25) is 0 Å². The largest absolute Gasteiger partial charge is 0.384 e. The van der Waals surface area contributed by atoms with Crippen LogP contribution in [0.3, 0.4) is 0 Å². The zero-order valence-corrected chi connectivity index (χ0v) is 11.1. The molecule has 0 aromatic carbocycles. The second-order valence-corrected chi connectivity index (χ2v) is 5.88. The maximum Gasteiger partial charge on any atom is 0.180 e. The fraction of sp³-hybridized carbons (Fsp3) is 0.750. The van der Waals surface area contributed by atoms with Gasteiger partial charge in [0.15, 0.2) is 5.13 Å². The zero-order valence-electron chi connectivity index (χ0n) is 10.3. The highest BCUT2D eigenvalue weighted by Crippen LogP contribution is 2.39. The van der Waals surface area contributed by atoms with Crippen LogP contribution in [0.25, 0.3) is 0 Å². The van der Waals surface area contributed by atoms with E-state index in [0.29, 0.717) is 11.2 Å². The molecular weight excluding hydrogens is 234 g/mol. The van der Waals surface area contributed by atoms with Gasteiger partial charge in [-0.05, 0) is 38.6 Å². The molecule has 1 aliphatic rings. The molecule has 0 spiro atoms. The fourth-order valence-corrected chi connectivity index (χ4v) is 3.23. The van der Waals surface area contributed by atoms with Gasteiger partial charge in [-0.2, -0.15) is 0 Å². The lowest BCUT2D eigenvalue weighted by Gasteiger charge is -2.35. The highest BCUT2D eigenvalue weighted by molar-refractivity contribution is 7.15. The van der Waals surface area contributed by atoms with E-state index in [1.165, 1.54) is 11.3 Å². The van der Waals surface area contributed by atoms with Crippen molar-refractivity contribution in [1.82, 2.24) is 10.3 Å². The van der Waals surface area contributed by atoms with Crippen LogP contribution in [0.5, 0.6) is 0 Å². The number of rotatable bonds is 4. The van der Waals surface area contributed by atoms with Gasteiger partial charge in [0.25, 0.3) is 0 Å². The normalized spacial score (nSPS) is 29.4. The first kappa shape index (κ1) is 12.8. The van der Waals surface area contributed by atoms with Gasteiger partial charge in [-0.15, -0.1) is 0 Å².